The van der Waals surface area contributed by atoms with Crippen LogP contribution in [0.4, 0.5) is 4.79 Å². The molecule has 0 heterocycles. The van der Waals surface area contributed by atoms with Gasteiger partial charge in [-0.15, -0.1) is 0 Å². The van der Waals surface area contributed by atoms with Gasteiger partial charge in [0.25, 0.3) is 0 Å². The molecule has 0 spiro atoms. The van der Waals surface area contributed by atoms with Crippen molar-refractivity contribution in [2.45, 2.75) is 6.61 Å². The van der Waals surface area contributed by atoms with E-state index in [0.717, 1.165) is 10.0 Å². The number of halogens is 1. The highest BCUT2D eigenvalue weighted by Gasteiger charge is 2.07. The quantitative estimate of drug-likeness (QED) is 0.777. The molecule has 0 unspecified atom stereocenters. The minimum Gasteiger partial charge on any atom is -0.504 e. The molecule has 2 N–H and O–H groups in total. The summed E-state index contributed by atoms with van der Waals surface area (Å²) < 4.78 is 11.0. The molecule has 0 atom stereocenters. The molecule has 0 aliphatic rings. The number of phenols is 1. The molecular weight excluding hydrogens is 374 g/mol. The SMILES string of the molecule is COc1cc(Br)cc(C=CCNC(=O)OCc2ccccc2)c1O. The summed E-state index contributed by atoms with van der Waals surface area (Å²) in [4.78, 5) is 11.6. The second kappa shape index (κ2) is 8.98. The maximum absolute atomic E-state index is 11.6. The third-order valence-corrected chi connectivity index (χ3v) is 3.62. The van der Waals surface area contributed by atoms with Gasteiger partial charge in [0.15, 0.2) is 11.5 Å². The molecule has 0 aliphatic carbocycles. The van der Waals surface area contributed by atoms with Crippen molar-refractivity contribution in [3.05, 3.63) is 64.1 Å². The third-order valence-electron chi connectivity index (χ3n) is 3.16. The van der Waals surface area contributed by atoms with Crippen molar-refractivity contribution < 1.29 is 19.4 Å². The van der Waals surface area contributed by atoms with E-state index in [4.69, 9.17) is 9.47 Å². The van der Waals surface area contributed by atoms with Crippen LogP contribution in [-0.2, 0) is 11.3 Å². The first-order chi connectivity index (χ1) is 11.6. The summed E-state index contributed by atoms with van der Waals surface area (Å²) >= 11 is 3.35. The van der Waals surface area contributed by atoms with E-state index in [0.29, 0.717) is 11.3 Å². The number of aromatic hydroxyl groups is 1. The van der Waals surface area contributed by atoms with Crippen LogP contribution in [-0.4, -0.2) is 24.9 Å². The number of alkyl carbamates (subject to hydrolysis) is 1. The Hall–Kier alpha value is -2.47. The Balaban J connectivity index is 1.82. The van der Waals surface area contributed by atoms with Crippen molar-refractivity contribution in [1.29, 1.82) is 0 Å². The fourth-order valence-corrected chi connectivity index (χ4v) is 2.43. The lowest BCUT2D eigenvalue weighted by atomic mass is 10.1. The summed E-state index contributed by atoms with van der Waals surface area (Å²) in [5.74, 6) is 0.419. The van der Waals surface area contributed by atoms with Gasteiger partial charge in [-0.2, -0.15) is 0 Å². The lowest BCUT2D eigenvalue weighted by molar-refractivity contribution is 0.141. The molecule has 0 saturated carbocycles. The van der Waals surface area contributed by atoms with E-state index < -0.39 is 6.09 Å². The number of carbonyl (C=O) groups excluding carboxylic acids is 1. The molecule has 2 aromatic rings. The summed E-state index contributed by atoms with van der Waals surface area (Å²) in [5.41, 5.74) is 1.51. The van der Waals surface area contributed by atoms with Gasteiger partial charge in [-0.3, -0.25) is 0 Å². The van der Waals surface area contributed by atoms with Gasteiger partial charge in [0.05, 0.1) is 7.11 Å². The Morgan fingerprint density at radius 2 is 2.04 bits per heavy atom. The third kappa shape index (κ3) is 5.31. The van der Waals surface area contributed by atoms with Gasteiger partial charge < -0.3 is 19.9 Å². The molecule has 2 rings (SSSR count). The molecular formula is C18H18BrNO4. The molecule has 6 heteroatoms. The maximum atomic E-state index is 11.6. The second-order valence-electron chi connectivity index (χ2n) is 4.89. The van der Waals surface area contributed by atoms with E-state index in [2.05, 4.69) is 21.2 Å². The van der Waals surface area contributed by atoms with Gasteiger partial charge in [0.2, 0.25) is 0 Å². The highest BCUT2D eigenvalue weighted by atomic mass is 79.9. The van der Waals surface area contributed by atoms with E-state index in [1.54, 1.807) is 24.3 Å². The van der Waals surface area contributed by atoms with Crippen molar-refractivity contribution in [2.24, 2.45) is 0 Å². The number of methoxy groups -OCH3 is 1. The zero-order valence-corrected chi connectivity index (χ0v) is 14.7. The van der Waals surface area contributed by atoms with E-state index >= 15 is 0 Å². The van der Waals surface area contributed by atoms with Crippen molar-refractivity contribution in [1.82, 2.24) is 5.32 Å². The van der Waals surface area contributed by atoms with Gasteiger partial charge in [0.1, 0.15) is 6.61 Å². The number of rotatable bonds is 6. The summed E-state index contributed by atoms with van der Waals surface area (Å²) in [7, 11) is 1.49. The molecule has 5 nitrogen and oxygen atoms in total. The average Bonchev–Trinajstić information content (AvgIpc) is 2.60. The number of hydrogen-bond donors (Lipinski definition) is 2. The largest absolute Gasteiger partial charge is 0.504 e. The molecule has 2 aromatic carbocycles. The normalized spacial score (nSPS) is 10.6. The highest BCUT2D eigenvalue weighted by Crippen LogP contribution is 2.34. The van der Waals surface area contributed by atoms with E-state index in [1.165, 1.54) is 7.11 Å². The van der Waals surface area contributed by atoms with Gasteiger partial charge >= 0.3 is 6.09 Å². The number of ether oxygens (including phenoxy) is 2. The number of nitrogens with one attached hydrogen (secondary N) is 1. The highest BCUT2D eigenvalue weighted by molar-refractivity contribution is 9.10. The number of phenolic OH excluding ortho intramolecular Hbond substituents is 1. The van der Waals surface area contributed by atoms with E-state index in [1.807, 2.05) is 30.3 Å². The first-order valence-electron chi connectivity index (χ1n) is 7.27. The topological polar surface area (TPSA) is 67.8 Å². The van der Waals surface area contributed by atoms with Gasteiger partial charge in [-0.05, 0) is 17.7 Å². The van der Waals surface area contributed by atoms with Crippen LogP contribution in [0.15, 0.2) is 53.0 Å². The zero-order chi connectivity index (χ0) is 17.4. The van der Waals surface area contributed by atoms with Crippen LogP contribution in [0.3, 0.4) is 0 Å². The Kier molecular flexibility index (Phi) is 6.69. The second-order valence-corrected chi connectivity index (χ2v) is 5.81. The van der Waals surface area contributed by atoms with Crippen LogP contribution in [0.1, 0.15) is 11.1 Å². The number of amides is 1. The molecule has 0 saturated heterocycles. The molecule has 0 aromatic heterocycles. The number of hydrogen-bond acceptors (Lipinski definition) is 4. The summed E-state index contributed by atoms with van der Waals surface area (Å²) in [6, 6.07) is 12.9. The number of carbonyl (C=O) groups is 1. The molecule has 0 bridgehead atoms. The Labute approximate surface area is 149 Å². The standard InChI is InChI=1S/C18H18BrNO4/c1-23-16-11-15(19)10-14(17(16)21)8-5-9-20-18(22)24-12-13-6-3-2-4-7-13/h2-8,10-11,21H,9,12H2,1H3,(H,20,22). The predicted octanol–water partition coefficient (Wildman–Crippen LogP) is 4.10. The maximum Gasteiger partial charge on any atom is 0.407 e. The molecule has 0 radical (unpaired) electrons. The summed E-state index contributed by atoms with van der Waals surface area (Å²) in [6.07, 6.45) is 2.91. The first kappa shape index (κ1) is 17.9. The van der Waals surface area contributed by atoms with Crippen molar-refractivity contribution in [2.75, 3.05) is 13.7 Å². The van der Waals surface area contributed by atoms with Crippen molar-refractivity contribution >= 4 is 28.1 Å². The van der Waals surface area contributed by atoms with Crippen LogP contribution >= 0.6 is 15.9 Å². The van der Waals surface area contributed by atoms with Crippen LogP contribution in [0, 0.1) is 0 Å². The monoisotopic (exact) mass is 391 g/mol. The van der Waals surface area contributed by atoms with Crippen LogP contribution in [0.25, 0.3) is 6.08 Å². The Morgan fingerprint density at radius 3 is 2.75 bits per heavy atom. The van der Waals surface area contributed by atoms with Crippen LogP contribution in [0.5, 0.6) is 11.5 Å². The molecule has 1 amide bonds. The fraction of sp³-hybridized carbons (Fsp3) is 0.167. The summed E-state index contributed by atoms with van der Waals surface area (Å²) in [6.45, 7) is 0.502. The Bertz CT molecular complexity index is 716. The minimum absolute atomic E-state index is 0.0450. The first-order valence-corrected chi connectivity index (χ1v) is 8.07. The smallest absolute Gasteiger partial charge is 0.407 e. The molecule has 0 aliphatic heterocycles. The van der Waals surface area contributed by atoms with Gasteiger partial charge in [0, 0.05) is 16.6 Å². The minimum atomic E-state index is -0.500. The molecule has 126 valence electrons. The van der Waals surface area contributed by atoms with Gasteiger partial charge in [-0.25, -0.2) is 4.79 Å². The van der Waals surface area contributed by atoms with Crippen LogP contribution < -0.4 is 10.1 Å². The molecule has 0 fully saturated rings. The lowest BCUT2D eigenvalue weighted by Gasteiger charge is -2.07. The van der Waals surface area contributed by atoms with Crippen LogP contribution in [0.2, 0.25) is 0 Å². The van der Waals surface area contributed by atoms with Crippen molar-refractivity contribution in [3.63, 3.8) is 0 Å². The zero-order valence-electron chi connectivity index (χ0n) is 13.2. The van der Waals surface area contributed by atoms with E-state index in [-0.39, 0.29) is 18.9 Å². The number of benzene rings is 2. The predicted molar refractivity (Wildman–Crippen MR) is 96.0 cm³/mol. The molecule has 24 heavy (non-hydrogen) atoms. The average molecular weight is 392 g/mol. The Morgan fingerprint density at radius 1 is 1.29 bits per heavy atom. The lowest BCUT2D eigenvalue weighted by Crippen LogP contribution is -2.24. The van der Waals surface area contributed by atoms with Crippen molar-refractivity contribution in [3.8, 4) is 11.5 Å². The van der Waals surface area contributed by atoms with Gasteiger partial charge in [-0.1, -0.05) is 58.4 Å². The van der Waals surface area contributed by atoms with E-state index in [9.17, 15) is 9.90 Å². The summed E-state index contributed by atoms with van der Waals surface area (Å²) in [5, 5.41) is 12.6. The fourth-order valence-electron chi connectivity index (χ4n) is 1.98.